The van der Waals surface area contributed by atoms with Gasteiger partial charge in [0.2, 0.25) is 0 Å². The van der Waals surface area contributed by atoms with Crippen LogP contribution in [0.15, 0.2) is 35.7 Å². The van der Waals surface area contributed by atoms with Crippen molar-refractivity contribution >= 4 is 23.7 Å². The van der Waals surface area contributed by atoms with Crippen molar-refractivity contribution in [2.75, 3.05) is 12.3 Å². The number of nitrogens with zero attached hydrogens (tertiary/aromatic N) is 3. The fourth-order valence-electron chi connectivity index (χ4n) is 2.93. The lowest BCUT2D eigenvalue weighted by Crippen LogP contribution is -2.40. The Labute approximate surface area is 151 Å². The fraction of sp³-hybridized carbons (Fsp3) is 0.389. The minimum Gasteiger partial charge on any atom is -0.324 e. The van der Waals surface area contributed by atoms with Gasteiger partial charge in [0, 0.05) is 30.4 Å². The summed E-state index contributed by atoms with van der Waals surface area (Å²) in [5.74, 6) is 0.410. The normalized spacial score (nSPS) is 16.4. The molecule has 1 fully saturated rings. The average Bonchev–Trinajstić information content (AvgIpc) is 3.04. The van der Waals surface area contributed by atoms with Crippen molar-refractivity contribution < 1.29 is 9.59 Å². The number of imidazole rings is 1. The predicted molar refractivity (Wildman–Crippen MR) is 98.1 cm³/mol. The number of carbonyl (C=O) groups is 2. The van der Waals surface area contributed by atoms with Crippen molar-refractivity contribution in [3.8, 4) is 5.69 Å². The van der Waals surface area contributed by atoms with Crippen LogP contribution in [0.2, 0.25) is 0 Å². The van der Waals surface area contributed by atoms with Crippen molar-refractivity contribution in [3.05, 3.63) is 41.7 Å². The third kappa shape index (κ3) is 3.56. The molecule has 0 bridgehead atoms. The number of carbonyl (C=O) groups excluding carboxylic acids is 2. The molecule has 0 radical (unpaired) electrons. The molecule has 0 aliphatic carbocycles. The molecule has 0 atom stereocenters. The summed E-state index contributed by atoms with van der Waals surface area (Å²) in [5, 5.41) is 3.54. The fourth-order valence-corrected chi connectivity index (χ4v) is 3.83. The number of benzene rings is 1. The lowest BCUT2D eigenvalue weighted by atomic mass is 10.1. The van der Waals surface area contributed by atoms with Gasteiger partial charge in [-0.25, -0.2) is 9.78 Å². The van der Waals surface area contributed by atoms with E-state index in [0.29, 0.717) is 12.3 Å². The third-order valence-electron chi connectivity index (χ3n) is 4.08. The zero-order valence-corrected chi connectivity index (χ0v) is 15.7. The molecular formula is C18H22N4O2S. The maximum Gasteiger partial charge on any atom is 0.325 e. The van der Waals surface area contributed by atoms with E-state index >= 15 is 0 Å². The Morgan fingerprint density at radius 3 is 2.44 bits per heavy atom. The lowest BCUT2D eigenvalue weighted by molar-refractivity contribution is -0.130. The van der Waals surface area contributed by atoms with E-state index in [9.17, 15) is 9.59 Å². The van der Waals surface area contributed by atoms with Gasteiger partial charge in [-0.1, -0.05) is 17.8 Å². The largest absolute Gasteiger partial charge is 0.325 e. The quantitative estimate of drug-likeness (QED) is 0.659. The monoisotopic (exact) mass is 358 g/mol. The van der Waals surface area contributed by atoms with Crippen LogP contribution in [0.1, 0.15) is 25.0 Å². The van der Waals surface area contributed by atoms with Gasteiger partial charge in [0.25, 0.3) is 5.91 Å². The van der Waals surface area contributed by atoms with Gasteiger partial charge >= 0.3 is 6.03 Å². The first-order valence-electron chi connectivity index (χ1n) is 8.17. The molecule has 1 N–H and O–H groups in total. The van der Waals surface area contributed by atoms with E-state index in [1.54, 1.807) is 20.0 Å². The minimum absolute atomic E-state index is 0.184. The van der Waals surface area contributed by atoms with Gasteiger partial charge in [-0.2, -0.15) is 0 Å². The molecule has 6 nitrogen and oxygen atoms in total. The Morgan fingerprint density at radius 1 is 1.16 bits per heavy atom. The first-order valence-corrected chi connectivity index (χ1v) is 9.15. The SMILES string of the molecule is Cc1cc(C)cc(-n2ccnc2SCCN2C(=O)NC(C)(C)C2=O)c1. The van der Waals surface area contributed by atoms with Gasteiger partial charge in [0.15, 0.2) is 5.16 Å². The Kier molecular flexibility index (Phi) is 4.60. The number of aryl methyl sites for hydroxylation is 2. The van der Waals surface area contributed by atoms with E-state index in [-0.39, 0.29) is 11.9 Å². The van der Waals surface area contributed by atoms with Gasteiger partial charge < -0.3 is 5.32 Å². The maximum atomic E-state index is 12.2. The lowest BCUT2D eigenvalue weighted by Gasteiger charge is -2.16. The smallest absolute Gasteiger partial charge is 0.324 e. The van der Waals surface area contributed by atoms with E-state index in [4.69, 9.17) is 0 Å². The summed E-state index contributed by atoms with van der Waals surface area (Å²) >= 11 is 1.53. The molecule has 2 aromatic rings. The Morgan fingerprint density at radius 2 is 1.84 bits per heavy atom. The summed E-state index contributed by atoms with van der Waals surface area (Å²) in [4.78, 5) is 29.8. The number of rotatable bonds is 5. The number of nitrogens with one attached hydrogen (secondary N) is 1. The van der Waals surface area contributed by atoms with Crippen LogP contribution >= 0.6 is 11.8 Å². The molecule has 1 aromatic heterocycles. The van der Waals surface area contributed by atoms with E-state index in [1.165, 1.54) is 27.8 Å². The summed E-state index contributed by atoms with van der Waals surface area (Å²) in [6, 6.07) is 6.03. The molecular weight excluding hydrogens is 336 g/mol. The molecule has 0 saturated carbocycles. The summed E-state index contributed by atoms with van der Waals surface area (Å²) in [7, 11) is 0. The van der Waals surface area contributed by atoms with Crippen LogP contribution in [0.5, 0.6) is 0 Å². The van der Waals surface area contributed by atoms with Crippen molar-refractivity contribution in [2.45, 2.75) is 38.4 Å². The van der Waals surface area contributed by atoms with E-state index in [2.05, 4.69) is 42.3 Å². The van der Waals surface area contributed by atoms with Crippen LogP contribution in [0, 0.1) is 13.8 Å². The van der Waals surface area contributed by atoms with Gasteiger partial charge in [0.05, 0.1) is 0 Å². The number of imide groups is 1. The molecule has 0 spiro atoms. The molecule has 1 aliphatic rings. The van der Waals surface area contributed by atoms with Gasteiger partial charge in [-0.3, -0.25) is 14.3 Å². The zero-order chi connectivity index (χ0) is 18.2. The van der Waals surface area contributed by atoms with E-state index < -0.39 is 5.54 Å². The van der Waals surface area contributed by atoms with Gasteiger partial charge in [-0.05, 0) is 51.0 Å². The average molecular weight is 358 g/mol. The molecule has 2 heterocycles. The molecule has 3 rings (SSSR count). The van der Waals surface area contributed by atoms with Crippen molar-refractivity contribution in [1.29, 1.82) is 0 Å². The molecule has 7 heteroatoms. The second-order valence-electron chi connectivity index (χ2n) is 6.79. The summed E-state index contributed by atoms with van der Waals surface area (Å²) in [5.41, 5.74) is 2.63. The van der Waals surface area contributed by atoms with Crippen LogP contribution in [-0.2, 0) is 4.79 Å². The van der Waals surface area contributed by atoms with Gasteiger partial charge in [-0.15, -0.1) is 0 Å². The molecule has 1 aromatic carbocycles. The second kappa shape index (κ2) is 6.55. The number of thioether (sulfide) groups is 1. The van der Waals surface area contributed by atoms with Crippen LogP contribution in [0.3, 0.4) is 0 Å². The summed E-state index contributed by atoms with van der Waals surface area (Å²) in [6.07, 6.45) is 3.68. The Balaban J connectivity index is 1.69. The topological polar surface area (TPSA) is 67.2 Å². The van der Waals surface area contributed by atoms with Crippen molar-refractivity contribution in [1.82, 2.24) is 19.8 Å². The molecule has 0 unspecified atom stereocenters. The molecule has 1 aliphatic heterocycles. The summed E-state index contributed by atoms with van der Waals surface area (Å²) < 4.78 is 2.03. The van der Waals surface area contributed by atoms with Gasteiger partial charge in [0.1, 0.15) is 5.54 Å². The minimum atomic E-state index is -0.820. The van der Waals surface area contributed by atoms with E-state index in [1.807, 2.05) is 10.8 Å². The molecule has 132 valence electrons. The van der Waals surface area contributed by atoms with Crippen molar-refractivity contribution in [2.24, 2.45) is 0 Å². The standard InChI is InChI=1S/C18H22N4O2S/c1-12-9-13(2)11-14(10-12)21-6-5-19-17(21)25-8-7-22-15(23)18(3,4)20-16(22)24/h5-6,9-11H,7-8H2,1-4H3,(H,20,24). The van der Waals surface area contributed by atoms with Crippen LogP contribution in [0.25, 0.3) is 5.69 Å². The van der Waals surface area contributed by atoms with Crippen LogP contribution in [-0.4, -0.2) is 44.2 Å². The molecule has 3 amide bonds. The Hall–Kier alpha value is -2.28. The highest BCUT2D eigenvalue weighted by molar-refractivity contribution is 7.99. The van der Waals surface area contributed by atoms with Crippen molar-refractivity contribution in [3.63, 3.8) is 0 Å². The van der Waals surface area contributed by atoms with Crippen LogP contribution in [0.4, 0.5) is 4.79 Å². The Bertz CT molecular complexity index is 808. The second-order valence-corrected chi connectivity index (χ2v) is 7.85. The maximum absolute atomic E-state index is 12.2. The van der Waals surface area contributed by atoms with E-state index in [0.717, 1.165) is 10.8 Å². The highest BCUT2D eigenvalue weighted by atomic mass is 32.2. The number of aromatic nitrogens is 2. The molecule has 25 heavy (non-hydrogen) atoms. The summed E-state index contributed by atoms with van der Waals surface area (Å²) in [6.45, 7) is 7.93. The zero-order valence-electron chi connectivity index (χ0n) is 14.9. The third-order valence-corrected chi connectivity index (χ3v) is 5.03. The number of hydrogen-bond acceptors (Lipinski definition) is 4. The number of amides is 3. The number of hydrogen-bond donors (Lipinski definition) is 1. The highest BCUT2D eigenvalue weighted by Gasteiger charge is 2.43. The predicted octanol–water partition coefficient (Wildman–Crippen LogP) is 2.91. The number of urea groups is 1. The van der Waals surface area contributed by atoms with Crippen LogP contribution < -0.4 is 5.32 Å². The highest BCUT2D eigenvalue weighted by Crippen LogP contribution is 2.23. The first kappa shape index (κ1) is 17.5. The molecule has 1 saturated heterocycles. The first-order chi connectivity index (χ1) is 11.8.